The molecule has 2 atom stereocenters. The highest BCUT2D eigenvalue weighted by molar-refractivity contribution is 7.99. The third-order valence-electron chi connectivity index (χ3n) is 4.59. The largest absolute Gasteiger partial charge is 0.411 e. The highest BCUT2D eigenvalue weighted by atomic mass is 32.2. The summed E-state index contributed by atoms with van der Waals surface area (Å²) in [6, 6.07) is 14.8. The van der Waals surface area contributed by atoms with Crippen molar-refractivity contribution in [1.82, 2.24) is 10.2 Å². The summed E-state index contributed by atoms with van der Waals surface area (Å²) in [6.45, 7) is 0.863. The topological polar surface area (TPSA) is 68.0 Å². The zero-order valence-corrected chi connectivity index (χ0v) is 16.5. The molecule has 0 spiro atoms. The van der Waals surface area contributed by atoms with E-state index < -0.39 is 0 Å². The zero-order valence-electron chi connectivity index (χ0n) is 15.7. The lowest BCUT2D eigenvalue weighted by Gasteiger charge is -2.14. The van der Waals surface area contributed by atoms with Crippen molar-refractivity contribution in [3.05, 3.63) is 59.9 Å². The highest BCUT2D eigenvalue weighted by Gasteiger charge is 2.30. The number of rotatable bonds is 6. The van der Waals surface area contributed by atoms with Gasteiger partial charge in [0.2, 0.25) is 6.23 Å². The molecular weight excluding hydrogens is 379 g/mol. The van der Waals surface area contributed by atoms with Crippen molar-refractivity contribution in [2.75, 3.05) is 31.3 Å². The third kappa shape index (κ3) is 4.19. The first kappa shape index (κ1) is 18.9. The van der Waals surface area contributed by atoms with Crippen molar-refractivity contribution in [2.24, 2.45) is 0 Å². The van der Waals surface area contributed by atoms with Gasteiger partial charge in [-0.2, -0.15) is 0 Å². The third-order valence-corrected chi connectivity index (χ3v) is 5.54. The van der Waals surface area contributed by atoms with E-state index in [1.807, 2.05) is 14.1 Å². The molecule has 2 heterocycles. The van der Waals surface area contributed by atoms with E-state index in [0.717, 1.165) is 17.8 Å². The summed E-state index contributed by atoms with van der Waals surface area (Å²) in [6.07, 6.45) is 0.0748. The highest BCUT2D eigenvalue weighted by Crippen LogP contribution is 2.27. The SMILES string of the molecule is CN(C)c1ccc([C@H]2[NH2+]C[C@@H](CSc3nnc(-c4ccccc4F)o3)O2)cc1. The summed E-state index contributed by atoms with van der Waals surface area (Å²) < 4.78 is 25.6. The van der Waals surface area contributed by atoms with Crippen molar-refractivity contribution < 1.29 is 18.9 Å². The van der Waals surface area contributed by atoms with Gasteiger partial charge in [-0.05, 0) is 36.4 Å². The molecule has 1 fully saturated rings. The van der Waals surface area contributed by atoms with E-state index in [1.165, 1.54) is 17.8 Å². The van der Waals surface area contributed by atoms with Gasteiger partial charge < -0.3 is 19.4 Å². The first-order valence-electron chi connectivity index (χ1n) is 9.07. The summed E-state index contributed by atoms with van der Waals surface area (Å²) in [5.41, 5.74) is 2.63. The van der Waals surface area contributed by atoms with E-state index in [4.69, 9.17) is 9.15 Å². The Labute approximate surface area is 167 Å². The smallest absolute Gasteiger partial charge is 0.276 e. The van der Waals surface area contributed by atoms with Crippen LogP contribution in [0.5, 0.6) is 0 Å². The molecule has 8 heteroatoms. The van der Waals surface area contributed by atoms with Gasteiger partial charge in [-0.3, -0.25) is 0 Å². The van der Waals surface area contributed by atoms with Gasteiger partial charge in [0.15, 0.2) is 0 Å². The van der Waals surface area contributed by atoms with Crippen LogP contribution in [-0.4, -0.2) is 42.7 Å². The molecular formula is C20H22FN4O2S+. The number of hydrogen-bond donors (Lipinski definition) is 1. The van der Waals surface area contributed by atoms with Gasteiger partial charge in [-0.15, -0.1) is 10.2 Å². The van der Waals surface area contributed by atoms with Crippen molar-refractivity contribution in [3.8, 4) is 11.5 Å². The van der Waals surface area contributed by atoms with Crippen LogP contribution in [0.25, 0.3) is 11.5 Å². The van der Waals surface area contributed by atoms with Crippen LogP contribution < -0.4 is 10.2 Å². The molecule has 2 N–H and O–H groups in total. The lowest BCUT2D eigenvalue weighted by Crippen LogP contribution is -2.82. The van der Waals surface area contributed by atoms with Crippen LogP contribution in [0.4, 0.5) is 10.1 Å². The molecule has 0 amide bonds. The standard InChI is InChI=1S/C20H21FN4O2S/c1-25(2)14-9-7-13(8-10-14)18-22-11-15(26-18)12-28-20-24-23-19(27-20)16-5-3-4-6-17(16)21/h3-10,15,18,22H,11-12H2,1-2H3/p+1/t15-,18-/m0/s1. The van der Waals surface area contributed by atoms with Crippen LogP contribution in [-0.2, 0) is 4.74 Å². The Balaban J connectivity index is 1.32. The second kappa shape index (κ2) is 8.30. The van der Waals surface area contributed by atoms with E-state index in [9.17, 15) is 4.39 Å². The van der Waals surface area contributed by atoms with E-state index in [0.29, 0.717) is 16.5 Å². The monoisotopic (exact) mass is 401 g/mol. The van der Waals surface area contributed by atoms with E-state index in [2.05, 4.69) is 44.7 Å². The van der Waals surface area contributed by atoms with Crippen molar-refractivity contribution in [2.45, 2.75) is 17.6 Å². The van der Waals surface area contributed by atoms with Crippen molar-refractivity contribution >= 4 is 17.4 Å². The number of nitrogens with zero attached hydrogens (tertiary/aromatic N) is 3. The fraction of sp³-hybridized carbons (Fsp3) is 0.300. The fourth-order valence-corrected chi connectivity index (χ4v) is 3.83. The number of ether oxygens (including phenoxy) is 1. The molecule has 2 aromatic carbocycles. The van der Waals surface area contributed by atoms with Crippen LogP contribution in [0.1, 0.15) is 11.8 Å². The van der Waals surface area contributed by atoms with Crippen LogP contribution in [0.2, 0.25) is 0 Å². The Morgan fingerprint density at radius 2 is 1.93 bits per heavy atom. The van der Waals surface area contributed by atoms with E-state index in [1.54, 1.807) is 18.2 Å². The first-order chi connectivity index (χ1) is 13.6. The molecule has 3 aromatic rings. The molecule has 1 saturated heterocycles. The summed E-state index contributed by atoms with van der Waals surface area (Å²) in [4.78, 5) is 2.07. The van der Waals surface area contributed by atoms with Gasteiger partial charge in [0, 0.05) is 31.1 Å². The van der Waals surface area contributed by atoms with Gasteiger partial charge in [-0.25, -0.2) is 4.39 Å². The zero-order chi connectivity index (χ0) is 19.5. The van der Waals surface area contributed by atoms with Crippen LogP contribution in [0.15, 0.2) is 58.2 Å². The quantitative estimate of drug-likeness (QED) is 0.641. The summed E-state index contributed by atoms with van der Waals surface area (Å²) in [7, 11) is 4.05. The maximum Gasteiger partial charge on any atom is 0.276 e. The van der Waals surface area contributed by atoms with Crippen molar-refractivity contribution in [1.29, 1.82) is 0 Å². The lowest BCUT2D eigenvalue weighted by atomic mass is 10.2. The maximum atomic E-state index is 13.8. The number of benzene rings is 2. The summed E-state index contributed by atoms with van der Waals surface area (Å²) in [5, 5.41) is 10.6. The number of nitrogens with two attached hydrogens (primary N) is 1. The number of halogens is 1. The number of thioether (sulfide) groups is 1. The van der Waals surface area contributed by atoms with Gasteiger partial charge in [-0.1, -0.05) is 23.9 Å². The Morgan fingerprint density at radius 3 is 2.68 bits per heavy atom. The Hall–Kier alpha value is -2.42. The first-order valence-corrected chi connectivity index (χ1v) is 10.1. The number of quaternary nitrogens is 1. The minimum absolute atomic E-state index is 0.00141. The van der Waals surface area contributed by atoms with Crippen LogP contribution >= 0.6 is 11.8 Å². The van der Waals surface area contributed by atoms with Crippen LogP contribution in [0, 0.1) is 5.82 Å². The predicted octanol–water partition coefficient (Wildman–Crippen LogP) is 2.69. The maximum absolute atomic E-state index is 13.8. The molecule has 1 aliphatic heterocycles. The van der Waals surface area contributed by atoms with Gasteiger partial charge in [0.05, 0.1) is 5.56 Å². The average molecular weight is 401 g/mol. The summed E-state index contributed by atoms with van der Waals surface area (Å²) >= 11 is 1.43. The Bertz CT molecular complexity index is 932. The Morgan fingerprint density at radius 1 is 1.14 bits per heavy atom. The van der Waals surface area contributed by atoms with Crippen LogP contribution in [0.3, 0.4) is 0 Å². The normalized spacial score (nSPS) is 19.1. The minimum atomic E-state index is -0.375. The fourth-order valence-electron chi connectivity index (χ4n) is 3.05. The average Bonchev–Trinajstić information content (AvgIpc) is 3.36. The van der Waals surface area contributed by atoms with Gasteiger partial charge in [0.25, 0.3) is 11.1 Å². The molecule has 0 saturated carbocycles. The molecule has 0 unspecified atom stereocenters. The molecule has 146 valence electrons. The molecule has 0 aliphatic carbocycles. The van der Waals surface area contributed by atoms with Crippen molar-refractivity contribution in [3.63, 3.8) is 0 Å². The second-order valence-electron chi connectivity index (χ2n) is 6.80. The lowest BCUT2D eigenvalue weighted by molar-refractivity contribution is -0.697. The minimum Gasteiger partial charge on any atom is -0.411 e. The predicted molar refractivity (Wildman–Crippen MR) is 106 cm³/mol. The molecule has 0 radical (unpaired) electrons. The second-order valence-corrected chi connectivity index (χ2v) is 7.77. The van der Waals surface area contributed by atoms with E-state index >= 15 is 0 Å². The molecule has 0 bridgehead atoms. The number of anilines is 1. The molecule has 4 rings (SSSR count). The molecule has 1 aromatic heterocycles. The molecule has 28 heavy (non-hydrogen) atoms. The Kier molecular flexibility index (Phi) is 5.61. The molecule has 1 aliphatic rings. The van der Waals surface area contributed by atoms with Gasteiger partial charge in [0.1, 0.15) is 18.5 Å². The van der Waals surface area contributed by atoms with Gasteiger partial charge >= 0.3 is 0 Å². The number of aromatic nitrogens is 2. The van der Waals surface area contributed by atoms with E-state index in [-0.39, 0.29) is 24.0 Å². The molecule has 6 nitrogen and oxygen atoms in total. The summed E-state index contributed by atoms with van der Waals surface area (Å²) in [5.74, 6) is 0.514. The number of hydrogen-bond acceptors (Lipinski definition) is 6.